The number of hydrogen-bond acceptors (Lipinski definition) is 3. The second-order valence-corrected chi connectivity index (χ2v) is 5.11. The molecule has 4 nitrogen and oxygen atoms in total. The Balaban J connectivity index is 2.40. The molecule has 0 aromatic carbocycles. The molecule has 0 bridgehead atoms. The summed E-state index contributed by atoms with van der Waals surface area (Å²) in [5.41, 5.74) is 0.955. The van der Waals surface area contributed by atoms with Crippen LogP contribution in [0.4, 0.5) is 0 Å². The van der Waals surface area contributed by atoms with Crippen molar-refractivity contribution in [3.8, 4) is 0 Å². The molecule has 0 amide bonds. The lowest BCUT2D eigenvalue weighted by Gasteiger charge is -2.22. The van der Waals surface area contributed by atoms with E-state index in [0.29, 0.717) is 6.04 Å². The van der Waals surface area contributed by atoms with Gasteiger partial charge in [0, 0.05) is 32.4 Å². The van der Waals surface area contributed by atoms with E-state index in [9.17, 15) is 0 Å². The maximum Gasteiger partial charge on any atom is 0.0762 e. The molecular formula is C13H25N3O. The normalized spacial score (nSPS) is 13.9. The summed E-state index contributed by atoms with van der Waals surface area (Å²) >= 11 is 0. The number of nitrogens with zero attached hydrogens (tertiary/aromatic N) is 2. The van der Waals surface area contributed by atoms with E-state index < -0.39 is 0 Å². The summed E-state index contributed by atoms with van der Waals surface area (Å²) in [6.07, 6.45) is 3.15. The Labute approximate surface area is 104 Å². The molecule has 0 aliphatic carbocycles. The molecule has 0 saturated carbocycles. The molecule has 0 saturated heterocycles. The van der Waals surface area contributed by atoms with Gasteiger partial charge in [0.15, 0.2) is 0 Å². The van der Waals surface area contributed by atoms with E-state index in [2.05, 4.69) is 44.2 Å². The van der Waals surface area contributed by atoms with Gasteiger partial charge in [-0.05, 0) is 33.3 Å². The van der Waals surface area contributed by atoms with E-state index in [4.69, 9.17) is 4.74 Å². The van der Waals surface area contributed by atoms with Gasteiger partial charge in [0.25, 0.3) is 0 Å². The minimum atomic E-state index is -0.126. The van der Waals surface area contributed by atoms with Crippen LogP contribution in [-0.2, 0) is 11.3 Å². The molecular weight excluding hydrogens is 214 g/mol. The number of methoxy groups -OCH3 is 1. The average molecular weight is 239 g/mol. The molecule has 1 aromatic heterocycles. The van der Waals surface area contributed by atoms with Crippen LogP contribution in [0.15, 0.2) is 12.3 Å². The van der Waals surface area contributed by atoms with E-state index in [1.54, 1.807) is 7.11 Å². The van der Waals surface area contributed by atoms with Gasteiger partial charge in [-0.15, -0.1) is 0 Å². The maximum absolute atomic E-state index is 5.35. The Bertz CT molecular complexity index is 333. The van der Waals surface area contributed by atoms with Crippen LogP contribution in [0.5, 0.6) is 0 Å². The molecule has 1 atom stereocenters. The van der Waals surface area contributed by atoms with Crippen molar-refractivity contribution >= 4 is 0 Å². The van der Waals surface area contributed by atoms with Crippen LogP contribution in [0.25, 0.3) is 0 Å². The number of aromatic nitrogens is 2. The first kappa shape index (κ1) is 14.2. The van der Waals surface area contributed by atoms with Gasteiger partial charge in [0.2, 0.25) is 0 Å². The lowest BCUT2D eigenvalue weighted by molar-refractivity contribution is 0.0230. The quantitative estimate of drug-likeness (QED) is 0.794. The molecule has 1 unspecified atom stereocenters. The molecule has 0 spiro atoms. The van der Waals surface area contributed by atoms with Gasteiger partial charge in [-0.25, -0.2) is 0 Å². The van der Waals surface area contributed by atoms with Crippen LogP contribution in [0.3, 0.4) is 0 Å². The third-order valence-corrected chi connectivity index (χ3v) is 3.12. The van der Waals surface area contributed by atoms with Crippen molar-refractivity contribution in [3.63, 3.8) is 0 Å². The summed E-state index contributed by atoms with van der Waals surface area (Å²) < 4.78 is 7.37. The summed E-state index contributed by atoms with van der Waals surface area (Å²) in [6.45, 7) is 10.1. The van der Waals surface area contributed by atoms with E-state index in [1.165, 1.54) is 0 Å². The van der Waals surface area contributed by atoms with E-state index in [1.807, 2.05) is 10.9 Å². The van der Waals surface area contributed by atoms with Crippen LogP contribution >= 0.6 is 0 Å². The third kappa shape index (κ3) is 4.48. The highest BCUT2D eigenvalue weighted by molar-refractivity contribution is 4.99. The van der Waals surface area contributed by atoms with Crippen molar-refractivity contribution in [3.05, 3.63) is 18.0 Å². The minimum Gasteiger partial charge on any atom is -0.377 e. The molecule has 0 fully saturated rings. The van der Waals surface area contributed by atoms with Gasteiger partial charge in [-0.3, -0.25) is 4.68 Å². The second kappa shape index (κ2) is 6.17. The molecule has 1 rings (SSSR count). The Kier molecular flexibility index (Phi) is 5.15. The zero-order valence-electron chi connectivity index (χ0n) is 11.7. The van der Waals surface area contributed by atoms with Crippen molar-refractivity contribution in [2.75, 3.05) is 13.7 Å². The van der Waals surface area contributed by atoms with Gasteiger partial charge in [-0.1, -0.05) is 6.92 Å². The number of ether oxygens (including phenoxy) is 1. The molecule has 0 aliphatic rings. The predicted molar refractivity (Wildman–Crippen MR) is 70.0 cm³/mol. The number of hydrogen-bond donors (Lipinski definition) is 1. The monoisotopic (exact) mass is 239 g/mol. The van der Waals surface area contributed by atoms with Crippen molar-refractivity contribution in [1.29, 1.82) is 0 Å². The van der Waals surface area contributed by atoms with E-state index in [-0.39, 0.29) is 5.60 Å². The fourth-order valence-electron chi connectivity index (χ4n) is 1.47. The molecule has 17 heavy (non-hydrogen) atoms. The van der Waals surface area contributed by atoms with E-state index in [0.717, 1.165) is 25.2 Å². The Morgan fingerprint density at radius 2 is 2.24 bits per heavy atom. The SMILES string of the molecule is CCC(C)n1ccc(CNCC(C)(C)OC)n1. The summed E-state index contributed by atoms with van der Waals surface area (Å²) in [4.78, 5) is 0. The fraction of sp³-hybridized carbons (Fsp3) is 0.769. The maximum atomic E-state index is 5.35. The lowest BCUT2D eigenvalue weighted by atomic mass is 10.1. The van der Waals surface area contributed by atoms with Crippen molar-refractivity contribution in [2.24, 2.45) is 0 Å². The molecule has 1 N–H and O–H groups in total. The number of rotatable bonds is 7. The molecule has 0 radical (unpaired) electrons. The minimum absolute atomic E-state index is 0.126. The molecule has 1 heterocycles. The van der Waals surface area contributed by atoms with Gasteiger partial charge in [0.05, 0.1) is 11.3 Å². The molecule has 4 heteroatoms. The van der Waals surface area contributed by atoms with Crippen LogP contribution < -0.4 is 5.32 Å². The van der Waals surface area contributed by atoms with Crippen LogP contribution in [0, 0.1) is 0 Å². The molecule has 0 aliphatic heterocycles. The lowest BCUT2D eigenvalue weighted by Crippen LogP contribution is -2.36. The average Bonchev–Trinajstić information content (AvgIpc) is 2.76. The Hall–Kier alpha value is -0.870. The second-order valence-electron chi connectivity index (χ2n) is 5.11. The highest BCUT2D eigenvalue weighted by Crippen LogP contribution is 2.09. The first-order chi connectivity index (χ1) is 7.98. The third-order valence-electron chi connectivity index (χ3n) is 3.12. The van der Waals surface area contributed by atoms with Crippen LogP contribution in [-0.4, -0.2) is 29.0 Å². The summed E-state index contributed by atoms with van der Waals surface area (Å²) in [6, 6.07) is 2.54. The topological polar surface area (TPSA) is 39.1 Å². The highest BCUT2D eigenvalue weighted by atomic mass is 16.5. The van der Waals surface area contributed by atoms with Gasteiger partial charge < -0.3 is 10.1 Å². The van der Waals surface area contributed by atoms with Crippen molar-refractivity contribution < 1.29 is 4.74 Å². The van der Waals surface area contributed by atoms with Gasteiger partial charge in [0.1, 0.15) is 0 Å². The standard InChI is InChI=1S/C13H25N3O/c1-6-11(2)16-8-7-12(15-16)9-14-10-13(3,4)17-5/h7-8,11,14H,6,9-10H2,1-5H3. The first-order valence-corrected chi connectivity index (χ1v) is 6.28. The zero-order valence-corrected chi connectivity index (χ0v) is 11.7. The predicted octanol–water partition coefficient (Wildman–Crippen LogP) is 2.37. The number of nitrogens with one attached hydrogen (secondary N) is 1. The Morgan fingerprint density at radius 1 is 1.53 bits per heavy atom. The van der Waals surface area contributed by atoms with E-state index >= 15 is 0 Å². The van der Waals surface area contributed by atoms with Crippen molar-refractivity contribution in [1.82, 2.24) is 15.1 Å². The van der Waals surface area contributed by atoms with Gasteiger partial charge in [-0.2, -0.15) is 5.10 Å². The molecule has 1 aromatic rings. The summed E-state index contributed by atoms with van der Waals surface area (Å²) in [7, 11) is 1.74. The fourth-order valence-corrected chi connectivity index (χ4v) is 1.47. The van der Waals surface area contributed by atoms with Crippen LogP contribution in [0.1, 0.15) is 45.9 Å². The smallest absolute Gasteiger partial charge is 0.0762 e. The largest absolute Gasteiger partial charge is 0.377 e. The zero-order chi connectivity index (χ0) is 12.9. The first-order valence-electron chi connectivity index (χ1n) is 6.28. The van der Waals surface area contributed by atoms with Crippen LogP contribution in [0.2, 0.25) is 0 Å². The summed E-state index contributed by atoms with van der Waals surface area (Å²) in [5.74, 6) is 0. The molecule has 98 valence electrons. The Morgan fingerprint density at radius 3 is 2.82 bits per heavy atom. The van der Waals surface area contributed by atoms with Gasteiger partial charge >= 0.3 is 0 Å². The highest BCUT2D eigenvalue weighted by Gasteiger charge is 2.15. The van der Waals surface area contributed by atoms with Crippen molar-refractivity contribution in [2.45, 2.75) is 52.3 Å². The summed E-state index contributed by atoms with van der Waals surface area (Å²) in [5, 5.41) is 7.90.